The Morgan fingerprint density at radius 2 is 2.44 bits per heavy atom. The number of hydrogen-bond acceptors (Lipinski definition) is 3. The van der Waals surface area contributed by atoms with Gasteiger partial charge < -0.3 is 9.47 Å². The first-order valence-corrected chi connectivity index (χ1v) is 6.03. The average molecular weight is 282 g/mol. The van der Waals surface area contributed by atoms with Crippen LogP contribution in [0.1, 0.15) is 18.4 Å². The van der Waals surface area contributed by atoms with E-state index in [2.05, 4.69) is 22.0 Å². The minimum absolute atomic E-state index is 0.172. The maximum Gasteiger partial charge on any atom is 0.138 e. The van der Waals surface area contributed by atoms with Gasteiger partial charge in [-0.25, -0.2) is 0 Å². The first-order valence-electron chi connectivity index (χ1n) is 5.23. The Balaban J connectivity index is 2.02. The predicted molar refractivity (Wildman–Crippen MR) is 63.3 cm³/mol. The first-order chi connectivity index (χ1) is 7.79. The van der Waals surface area contributed by atoms with E-state index < -0.39 is 0 Å². The van der Waals surface area contributed by atoms with Gasteiger partial charge in [-0.1, -0.05) is 15.9 Å². The van der Waals surface area contributed by atoms with Gasteiger partial charge >= 0.3 is 0 Å². The van der Waals surface area contributed by atoms with E-state index in [4.69, 9.17) is 14.7 Å². The summed E-state index contributed by atoms with van der Waals surface area (Å²) in [6, 6.07) is 7.50. The van der Waals surface area contributed by atoms with E-state index in [1.54, 1.807) is 6.07 Å². The molecule has 84 valence electrons. The molecule has 16 heavy (non-hydrogen) atoms. The summed E-state index contributed by atoms with van der Waals surface area (Å²) in [5, 5.41) is 8.92. The molecule has 0 amide bonds. The minimum Gasteiger partial charge on any atom is -0.489 e. The third-order valence-corrected chi connectivity index (χ3v) is 3.01. The Morgan fingerprint density at radius 1 is 1.56 bits per heavy atom. The lowest BCUT2D eigenvalue weighted by atomic mass is 10.2. The summed E-state index contributed by atoms with van der Waals surface area (Å²) >= 11 is 3.36. The van der Waals surface area contributed by atoms with Crippen molar-refractivity contribution in [1.29, 1.82) is 5.26 Å². The lowest BCUT2D eigenvalue weighted by Crippen LogP contribution is -2.16. The molecule has 4 heteroatoms. The molecule has 0 spiro atoms. The monoisotopic (exact) mass is 281 g/mol. The number of ether oxygens (including phenoxy) is 2. The summed E-state index contributed by atoms with van der Waals surface area (Å²) in [6.45, 7) is 1.34. The molecule has 0 saturated carbocycles. The van der Waals surface area contributed by atoms with Crippen LogP contribution < -0.4 is 4.74 Å². The molecule has 1 aromatic rings. The Morgan fingerprint density at radius 3 is 3.12 bits per heavy atom. The summed E-state index contributed by atoms with van der Waals surface area (Å²) in [5.74, 6) is 0.618. The molecule has 1 heterocycles. The van der Waals surface area contributed by atoms with Crippen molar-refractivity contribution in [3.8, 4) is 11.8 Å². The summed E-state index contributed by atoms with van der Waals surface area (Å²) in [5.41, 5.74) is 0.557. The van der Waals surface area contributed by atoms with Crippen LogP contribution in [-0.4, -0.2) is 19.3 Å². The molecular formula is C12H12BrNO2. The SMILES string of the molecule is N#Cc1ccc(Br)cc1OCC1CCCO1. The highest BCUT2D eigenvalue weighted by Crippen LogP contribution is 2.24. The zero-order valence-corrected chi connectivity index (χ0v) is 10.4. The Labute approximate surface area is 103 Å². The number of nitriles is 1. The van der Waals surface area contributed by atoms with E-state index in [1.165, 1.54) is 0 Å². The van der Waals surface area contributed by atoms with E-state index in [9.17, 15) is 0 Å². The molecule has 3 nitrogen and oxygen atoms in total. The molecular weight excluding hydrogens is 270 g/mol. The van der Waals surface area contributed by atoms with Crippen LogP contribution in [0.3, 0.4) is 0 Å². The van der Waals surface area contributed by atoms with Crippen molar-refractivity contribution in [3.63, 3.8) is 0 Å². The minimum atomic E-state index is 0.172. The van der Waals surface area contributed by atoms with Crippen LogP contribution in [-0.2, 0) is 4.74 Å². The molecule has 0 aromatic heterocycles. The predicted octanol–water partition coefficient (Wildman–Crippen LogP) is 2.88. The molecule has 1 aliphatic rings. The molecule has 1 saturated heterocycles. The normalized spacial score (nSPS) is 19.4. The zero-order chi connectivity index (χ0) is 11.4. The van der Waals surface area contributed by atoms with Gasteiger partial charge in [0.05, 0.1) is 11.7 Å². The third kappa shape index (κ3) is 2.75. The second-order valence-electron chi connectivity index (χ2n) is 3.70. The first kappa shape index (κ1) is 11.4. The maximum absolute atomic E-state index is 8.92. The average Bonchev–Trinajstić information content (AvgIpc) is 2.79. The van der Waals surface area contributed by atoms with E-state index in [0.29, 0.717) is 17.9 Å². The van der Waals surface area contributed by atoms with Gasteiger partial charge in [0, 0.05) is 11.1 Å². The number of rotatable bonds is 3. The van der Waals surface area contributed by atoms with Crippen molar-refractivity contribution >= 4 is 15.9 Å². The lowest BCUT2D eigenvalue weighted by Gasteiger charge is -2.12. The highest BCUT2D eigenvalue weighted by Gasteiger charge is 2.16. The van der Waals surface area contributed by atoms with Crippen LogP contribution in [0.15, 0.2) is 22.7 Å². The second-order valence-corrected chi connectivity index (χ2v) is 4.61. The van der Waals surface area contributed by atoms with E-state index in [1.807, 2.05) is 12.1 Å². The molecule has 1 atom stereocenters. The molecule has 1 unspecified atom stereocenters. The van der Waals surface area contributed by atoms with E-state index >= 15 is 0 Å². The highest BCUT2D eigenvalue weighted by molar-refractivity contribution is 9.10. The number of halogens is 1. The van der Waals surface area contributed by atoms with Crippen molar-refractivity contribution in [1.82, 2.24) is 0 Å². The Hall–Kier alpha value is -1.05. The van der Waals surface area contributed by atoms with Crippen LogP contribution in [0.5, 0.6) is 5.75 Å². The van der Waals surface area contributed by atoms with Crippen molar-refractivity contribution in [2.45, 2.75) is 18.9 Å². The molecule has 0 aliphatic carbocycles. The fraction of sp³-hybridized carbons (Fsp3) is 0.417. The fourth-order valence-corrected chi connectivity index (χ4v) is 2.01. The number of hydrogen-bond donors (Lipinski definition) is 0. The van der Waals surface area contributed by atoms with Gasteiger partial charge in [-0.05, 0) is 31.0 Å². The van der Waals surface area contributed by atoms with Gasteiger partial charge in [0.25, 0.3) is 0 Å². The molecule has 1 fully saturated rings. The van der Waals surface area contributed by atoms with Gasteiger partial charge in [0.1, 0.15) is 18.4 Å². The van der Waals surface area contributed by atoms with Crippen LogP contribution in [0.2, 0.25) is 0 Å². The van der Waals surface area contributed by atoms with Crippen molar-refractivity contribution in [3.05, 3.63) is 28.2 Å². The molecule has 2 rings (SSSR count). The van der Waals surface area contributed by atoms with Gasteiger partial charge in [0.2, 0.25) is 0 Å². The largest absolute Gasteiger partial charge is 0.489 e. The molecule has 0 radical (unpaired) electrons. The molecule has 0 bridgehead atoms. The van der Waals surface area contributed by atoms with E-state index in [-0.39, 0.29) is 6.10 Å². The Kier molecular flexibility index (Phi) is 3.81. The standard InChI is InChI=1S/C12H12BrNO2/c13-10-4-3-9(7-14)12(6-10)16-8-11-2-1-5-15-11/h3-4,6,11H,1-2,5,8H2. The fourth-order valence-electron chi connectivity index (χ4n) is 1.67. The van der Waals surface area contributed by atoms with Crippen LogP contribution >= 0.6 is 15.9 Å². The summed E-state index contributed by atoms with van der Waals surface area (Å²) < 4.78 is 12.0. The Bertz CT molecular complexity index is 408. The quantitative estimate of drug-likeness (QED) is 0.856. The van der Waals surface area contributed by atoms with Crippen molar-refractivity contribution < 1.29 is 9.47 Å². The number of benzene rings is 1. The van der Waals surface area contributed by atoms with Crippen LogP contribution in [0.25, 0.3) is 0 Å². The smallest absolute Gasteiger partial charge is 0.138 e. The van der Waals surface area contributed by atoms with Crippen LogP contribution in [0.4, 0.5) is 0 Å². The van der Waals surface area contributed by atoms with Gasteiger partial charge in [-0.2, -0.15) is 5.26 Å². The van der Waals surface area contributed by atoms with Crippen LogP contribution in [0, 0.1) is 11.3 Å². The van der Waals surface area contributed by atoms with Gasteiger partial charge in [0.15, 0.2) is 0 Å². The molecule has 0 N–H and O–H groups in total. The highest BCUT2D eigenvalue weighted by atomic mass is 79.9. The van der Waals surface area contributed by atoms with Crippen molar-refractivity contribution in [2.24, 2.45) is 0 Å². The zero-order valence-electron chi connectivity index (χ0n) is 8.78. The number of nitrogens with zero attached hydrogens (tertiary/aromatic N) is 1. The molecule has 1 aromatic carbocycles. The maximum atomic E-state index is 8.92. The lowest BCUT2D eigenvalue weighted by molar-refractivity contribution is 0.0678. The van der Waals surface area contributed by atoms with Crippen molar-refractivity contribution in [2.75, 3.05) is 13.2 Å². The second kappa shape index (κ2) is 5.33. The third-order valence-electron chi connectivity index (χ3n) is 2.51. The summed E-state index contributed by atoms with van der Waals surface area (Å²) in [7, 11) is 0. The van der Waals surface area contributed by atoms with Gasteiger partial charge in [-0.15, -0.1) is 0 Å². The summed E-state index contributed by atoms with van der Waals surface area (Å²) in [6.07, 6.45) is 2.30. The molecule has 1 aliphatic heterocycles. The summed E-state index contributed by atoms with van der Waals surface area (Å²) in [4.78, 5) is 0. The van der Waals surface area contributed by atoms with E-state index in [0.717, 1.165) is 23.9 Å². The topological polar surface area (TPSA) is 42.2 Å². The van der Waals surface area contributed by atoms with Gasteiger partial charge in [-0.3, -0.25) is 0 Å².